The van der Waals surface area contributed by atoms with Crippen LogP contribution in [-0.4, -0.2) is 38.9 Å². The number of hydrogen-bond donors (Lipinski definition) is 1. The molecule has 2 aromatic rings. The van der Waals surface area contributed by atoms with Gasteiger partial charge < -0.3 is 10.2 Å². The molecular formula is C16H16F3N3O3S. The second kappa shape index (κ2) is 6.76. The fourth-order valence-electron chi connectivity index (χ4n) is 2.66. The van der Waals surface area contributed by atoms with E-state index in [9.17, 15) is 21.6 Å². The molecule has 0 amide bonds. The Hall–Kier alpha value is -2.33. The second-order valence-electron chi connectivity index (χ2n) is 5.86. The summed E-state index contributed by atoms with van der Waals surface area (Å²) in [5, 5.41) is 3.08. The molecule has 1 aromatic carbocycles. The van der Waals surface area contributed by atoms with Crippen molar-refractivity contribution in [3.8, 4) is 0 Å². The number of aromatic nitrogens is 1. The molecule has 26 heavy (non-hydrogen) atoms. The number of nitrogens with one attached hydrogen (secondary N) is 1. The fourth-order valence-corrected chi connectivity index (χ4v) is 3.07. The molecule has 0 bridgehead atoms. The number of benzene rings is 1. The van der Waals surface area contributed by atoms with Gasteiger partial charge >= 0.3 is 6.18 Å². The van der Waals surface area contributed by atoms with Crippen LogP contribution in [0.5, 0.6) is 0 Å². The Labute approximate surface area is 148 Å². The normalized spacial score (nSPS) is 17.5. The minimum absolute atomic E-state index is 0.119. The lowest BCUT2D eigenvalue weighted by Crippen LogP contribution is -2.42. The molecule has 6 nitrogen and oxygen atoms in total. The molecule has 3 rings (SSSR count). The maximum Gasteiger partial charge on any atom is 0.416 e. The molecule has 1 aliphatic heterocycles. The summed E-state index contributed by atoms with van der Waals surface area (Å²) in [4.78, 5) is 5.98. The van der Waals surface area contributed by atoms with Gasteiger partial charge in [0.05, 0.1) is 30.2 Å². The van der Waals surface area contributed by atoms with Crippen molar-refractivity contribution >= 4 is 27.3 Å². The van der Waals surface area contributed by atoms with Gasteiger partial charge in [-0.05, 0) is 36.4 Å². The number of alkyl halides is 3. The highest BCUT2D eigenvalue weighted by Crippen LogP contribution is 2.36. The van der Waals surface area contributed by atoms with Crippen LogP contribution < -0.4 is 10.2 Å². The van der Waals surface area contributed by atoms with Crippen LogP contribution >= 0.6 is 0 Å². The highest BCUT2D eigenvalue weighted by molar-refractivity contribution is 7.85. The first-order valence-electron chi connectivity index (χ1n) is 7.64. The van der Waals surface area contributed by atoms with Crippen molar-refractivity contribution in [1.82, 2.24) is 4.98 Å². The lowest BCUT2D eigenvalue weighted by atomic mass is 10.1. The van der Waals surface area contributed by atoms with Gasteiger partial charge in [-0.1, -0.05) is 0 Å². The van der Waals surface area contributed by atoms with Crippen LogP contribution in [-0.2, 0) is 20.5 Å². The average molecular weight is 387 g/mol. The molecule has 0 saturated carbocycles. The molecule has 140 valence electrons. The van der Waals surface area contributed by atoms with Crippen molar-refractivity contribution in [1.29, 1.82) is 0 Å². The zero-order valence-corrected chi connectivity index (χ0v) is 14.5. The van der Waals surface area contributed by atoms with E-state index in [1.54, 1.807) is 23.2 Å². The van der Waals surface area contributed by atoms with E-state index in [-0.39, 0.29) is 6.61 Å². The van der Waals surface area contributed by atoms with Crippen molar-refractivity contribution in [3.05, 3.63) is 48.2 Å². The molecule has 2 heterocycles. The van der Waals surface area contributed by atoms with E-state index in [2.05, 4.69) is 10.3 Å². The molecule has 1 unspecified atom stereocenters. The Bertz CT molecular complexity index is 886. The topological polar surface area (TPSA) is 71.5 Å². The molecule has 0 spiro atoms. The SMILES string of the molecule is CS(=O)(=O)OCC1CN(c2ccc(C(F)(F)F)cc2)c2cccnc2N1. The van der Waals surface area contributed by atoms with Gasteiger partial charge in [-0.15, -0.1) is 0 Å². The van der Waals surface area contributed by atoms with Crippen molar-refractivity contribution in [2.45, 2.75) is 12.2 Å². The number of halogens is 3. The van der Waals surface area contributed by atoms with E-state index < -0.39 is 27.9 Å². The average Bonchev–Trinajstić information content (AvgIpc) is 2.58. The molecule has 0 fully saturated rings. The van der Waals surface area contributed by atoms with Crippen molar-refractivity contribution in [3.63, 3.8) is 0 Å². The van der Waals surface area contributed by atoms with Gasteiger partial charge in [0.25, 0.3) is 10.1 Å². The highest BCUT2D eigenvalue weighted by atomic mass is 32.2. The third kappa shape index (κ3) is 4.25. The van der Waals surface area contributed by atoms with Gasteiger partial charge in [-0.25, -0.2) is 4.98 Å². The maximum atomic E-state index is 12.8. The van der Waals surface area contributed by atoms with Gasteiger partial charge in [0.1, 0.15) is 5.82 Å². The third-order valence-electron chi connectivity index (χ3n) is 3.81. The Balaban J connectivity index is 1.89. The summed E-state index contributed by atoms with van der Waals surface area (Å²) in [6, 6.07) is 7.85. The second-order valence-corrected chi connectivity index (χ2v) is 7.50. The number of nitrogens with zero attached hydrogens (tertiary/aromatic N) is 2. The largest absolute Gasteiger partial charge is 0.416 e. The van der Waals surface area contributed by atoms with Crippen molar-refractivity contribution in [2.24, 2.45) is 0 Å². The first kappa shape index (κ1) is 18.5. The first-order valence-corrected chi connectivity index (χ1v) is 9.46. The molecule has 0 aliphatic carbocycles. The summed E-state index contributed by atoms with van der Waals surface area (Å²) in [7, 11) is -3.61. The minimum atomic E-state index is -4.41. The highest BCUT2D eigenvalue weighted by Gasteiger charge is 2.31. The third-order valence-corrected chi connectivity index (χ3v) is 4.37. The number of anilines is 3. The van der Waals surface area contributed by atoms with Crippen LogP contribution in [0, 0.1) is 0 Å². The zero-order chi connectivity index (χ0) is 18.9. The standard InChI is InChI=1S/C16H16F3N3O3S/c1-26(23,24)25-10-12-9-22(14-3-2-8-20-15(14)21-12)13-6-4-11(5-7-13)16(17,18)19/h2-8,12H,9-10H2,1H3,(H,20,21). The molecular weight excluding hydrogens is 371 g/mol. The maximum absolute atomic E-state index is 12.8. The summed E-state index contributed by atoms with van der Waals surface area (Å²) in [6.07, 6.45) is -1.89. The van der Waals surface area contributed by atoms with E-state index >= 15 is 0 Å². The number of fused-ring (bicyclic) bond motifs is 1. The van der Waals surface area contributed by atoms with E-state index in [1.807, 2.05) is 0 Å². The Morgan fingerprint density at radius 3 is 2.58 bits per heavy atom. The predicted molar refractivity (Wildman–Crippen MR) is 90.9 cm³/mol. The molecule has 1 aromatic heterocycles. The minimum Gasteiger partial charge on any atom is -0.361 e. The van der Waals surface area contributed by atoms with E-state index in [4.69, 9.17) is 4.18 Å². The van der Waals surface area contributed by atoms with Crippen molar-refractivity contribution < 1.29 is 25.8 Å². The van der Waals surface area contributed by atoms with E-state index in [1.165, 1.54) is 12.1 Å². The summed E-state index contributed by atoms with van der Waals surface area (Å²) < 4.78 is 65.6. The van der Waals surface area contributed by atoms with Gasteiger partial charge in [-0.2, -0.15) is 21.6 Å². The number of pyridine rings is 1. The van der Waals surface area contributed by atoms with Crippen LogP contribution in [0.15, 0.2) is 42.6 Å². The monoisotopic (exact) mass is 387 g/mol. The quantitative estimate of drug-likeness (QED) is 0.814. The molecule has 1 atom stereocenters. The van der Waals surface area contributed by atoms with Gasteiger partial charge in [-0.3, -0.25) is 4.18 Å². The lowest BCUT2D eigenvalue weighted by molar-refractivity contribution is -0.137. The molecule has 10 heteroatoms. The first-order chi connectivity index (χ1) is 12.1. The smallest absolute Gasteiger partial charge is 0.361 e. The van der Waals surface area contributed by atoms with Crippen LogP contribution in [0.1, 0.15) is 5.56 Å². The fraction of sp³-hybridized carbons (Fsp3) is 0.312. The summed E-state index contributed by atoms with van der Waals surface area (Å²) in [6.45, 7) is 0.186. The summed E-state index contributed by atoms with van der Waals surface area (Å²) in [5.74, 6) is 0.501. The predicted octanol–water partition coefficient (Wildman–Crippen LogP) is 3.01. The van der Waals surface area contributed by atoms with E-state index in [0.29, 0.717) is 23.7 Å². The number of hydrogen-bond acceptors (Lipinski definition) is 6. The molecule has 1 N–H and O–H groups in total. The summed E-state index contributed by atoms with van der Waals surface area (Å²) >= 11 is 0. The van der Waals surface area contributed by atoms with Crippen LogP contribution in [0.2, 0.25) is 0 Å². The van der Waals surface area contributed by atoms with E-state index in [0.717, 1.165) is 18.4 Å². The van der Waals surface area contributed by atoms with Gasteiger partial charge in [0.2, 0.25) is 0 Å². The van der Waals surface area contributed by atoms with Crippen LogP contribution in [0.3, 0.4) is 0 Å². The Morgan fingerprint density at radius 2 is 1.96 bits per heavy atom. The van der Waals surface area contributed by atoms with Gasteiger partial charge in [0.15, 0.2) is 0 Å². The Morgan fingerprint density at radius 1 is 1.27 bits per heavy atom. The number of rotatable bonds is 4. The molecule has 0 saturated heterocycles. The van der Waals surface area contributed by atoms with Crippen molar-refractivity contribution in [2.75, 3.05) is 29.6 Å². The lowest BCUT2D eigenvalue weighted by Gasteiger charge is -2.36. The van der Waals surface area contributed by atoms with Crippen LogP contribution in [0.4, 0.5) is 30.4 Å². The van der Waals surface area contributed by atoms with Crippen LogP contribution in [0.25, 0.3) is 0 Å². The van der Waals surface area contributed by atoms with Gasteiger partial charge in [0, 0.05) is 18.4 Å². The zero-order valence-electron chi connectivity index (χ0n) is 13.7. The Kier molecular flexibility index (Phi) is 4.80. The molecule has 0 radical (unpaired) electrons. The summed E-state index contributed by atoms with van der Waals surface area (Å²) in [5.41, 5.74) is 0.487. The molecule has 1 aliphatic rings.